The smallest absolute Gasteiger partial charge is 0.252 e. The van der Waals surface area contributed by atoms with Crippen LogP contribution < -0.4 is 10.2 Å². The molecule has 0 atom stereocenters. The van der Waals surface area contributed by atoms with Gasteiger partial charge in [-0.1, -0.05) is 18.3 Å². The van der Waals surface area contributed by atoms with Crippen molar-refractivity contribution in [2.75, 3.05) is 38.6 Å². The lowest BCUT2D eigenvalue weighted by atomic mass is 10.2. The molecular weight excluding hydrogens is 398 g/mol. The third-order valence-corrected chi connectivity index (χ3v) is 6.94. The minimum atomic E-state index is -3.49. The zero-order chi connectivity index (χ0) is 21.6. The van der Waals surface area contributed by atoms with E-state index in [1.165, 1.54) is 16.4 Å². The molecule has 1 aliphatic rings. The fourth-order valence-corrected chi connectivity index (χ4v) is 4.77. The van der Waals surface area contributed by atoms with Crippen LogP contribution in [-0.2, 0) is 10.0 Å². The highest BCUT2D eigenvalue weighted by atomic mass is 32.2. The molecule has 1 N–H and O–H groups in total. The third-order valence-electron chi connectivity index (χ3n) is 5.02. The zero-order valence-corrected chi connectivity index (χ0v) is 18.2. The van der Waals surface area contributed by atoms with Crippen LogP contribution in [0.4, 0.5) is 5.69 Å². The second-order valence-electron chi connectivity index (χ2n) is 7.41. The molecule has 0 aromatic heterocycles. The number of carbonyl (C=O) groups excluding carboxylic acids is 1. The summed E-state index contributed by atoms with van der Waals surface area (Å²) >= 11 is 0. The van der Waals surface area contributed by atoms with Crippen LogP contribution in [0.15, 0.2) is 53.4 Å². The molecule has 30 heavy (non-hydrogen) atoms. The molecule has 0 saturated carbocycles. The SMILES string of the molecule is CN(C)c1ccc(C#CCNC(=O)c2ccc(S(=O)(=O)N3CCCCC3)cc2)cc1. The first-order valence-electron chi connectivity index (χ1n) is 10.0. The number of anilines is 1. The summed E-state index contributed by atoms with van der Waals surface area (Å²) in [4.78, 5) is 14.5. The number of nitrogens with zero attached hydrogens (tertiary/aromatic N) is 2. The Bertz CT molecular complexity index is 1030. The van der Waals surface area contributed by atoms with Gasteiger partial charge in [-0.3, -0.25) is 4.79 Å². The normalized spacial score (nSPS) is 14.5. The van der Waals surface area contributed by atoms with Crippen molar-refractivity contribution < 1.29 is 13.2 Å². The van der Waals surface area contributed by atoms with Gasteiger partial charge in [0.15, 0.2) is 0 Å². The van der Waals surface area contributed by atoms with Crippen molar-refractivity contribution in [3.05, 3.63) is 59.7 Å². The number of benzene rings is 2. The van der Waals surface area contributed by atoms with E-state index in [9.17, 15) is 13.2 Å². The fourth-order valence-electron chi connectivity index (χ4n) is 3.25. The Balaban J connectivity index is 1.56. The maximum Gasteiger partial charge on any atom is 0.252 e. The molecule has 1 aliphatic heterocycles. The van der Waals surface area contributed by atoms with Crippen molar-refractivity contribution in [3.63, 3.8) is 0 Å². The highest BCUT2D eigenvalue weighted by Crippen LogP contribution is 2.20. The summed E-state index contributed by atoms with van der Waals surface area (Å²) in [6, 6.07) is 13.9. The second-order valence-corrected chi connectivity index (χ2v) is 9.35. The van der Waals surface area contributed by atoms with Crippen molar-refractivity contribution in [2.24, 2.45) is 0 Å². The van der Waals surface area contributed by atoms with Crippen LogP contribution >= 0.6 is 0 Å². The molecular formula is C23H27N3O3S. The van der Waals surface area contributed by atoms with Gasteiger partial charge in [-0.2, -0.15) is 4.31 Å². The van der Waals surface area contributed by atoms with Crippen LogP contribution in [0.25, 0.3) is 0 Å². The van der Waals surface area contributed by atoms with E-state index in [4.69, 9.17) is 0 Å². The third kappa shape index (κ3) is 5.41. The molecule has 1 saturated heterocycles. The minimum absolute atomic E-state index is 0.210. The van der Waals surface area contributed by atoms with Gasteiger partial charge in [0.1, 0.15) is 0 Å². The van der Waals surface area contributed by atoms with Crippen LogP contribution in [0.3, 0.4) is 0 Å². The Hall–Kier alpha value is -2.82. The Kier molecular flexibility index (Phi) is 7.14. The van der Waals surface area contributed by atoms with Crippen LogP contribution in [0.1, 0.15) is 35.2 Å². The molecule has 6 nitrogen and oxygen atoms in total. The quantitative estimate of drug-likeness (QED) is 0.748. The van der Waals surface area contributed by atoms with Crippen LogP contribution in [0.2, 0.25) is 0 Å². The fraction of sp³-hybridized carbons (Fsp3) is 0.348. The summed E-state index contributed by atoms with van der Waals surface area (Å²) < 4.78 is 26.9. The first-order chi connectivity index (χ1) is 14.4. The van der Waals surface area contributed by atoms with Gasteiger partial charge in [-0.15, -0.1) is 0 Å². The summed E-state index contributed by atoms with van der Waals surface area (Å²) in [5.74, 6) is 5.66. The van der Waals surface area contributed by atoms with Gasteiger partial charge in [0, 0.05) is 44.0 Å². The van der Waals surface area contributed by atoms with E-state index in [1.807, 2.05) is 43.3 Å². The monoisotopic (exact) mass is 425 g/mol. The standard InChI is InChI=1S/C23H27N3O3S/c1-25(2)21-12-8-19(9-13-21)7-6-16-24-23(27)20-10-14-22(15-11-20)30(28,29)26-17-4-3-5-18-26/h8-15H,3-5,16-18H2,1-2H3,(H,24,27). The average molecular weight is 426 g/mol. The molecule has 7 heteroatoms. The average Bonchev–Trinajstić information content (AvgIpc) is 2.77. The van der Waals surface area contributed by atoms with Gasteiger partial charge in [0.05, 0.1) is 11.4 Å². The van der Waals surface area contributed by atoms with E-state index < -0.39 is 10.0 Å². The van der Waals surface area contributed by atoms with Crippen molar-refractivity contribution in [2.45, 2.75) is 24.2 Å². The molecule has 3 rings (SSSR count). The summed E-state index contributed by atoms with van der Waals surface area (Å²) in [7, 11) is 0.468. The number of piperidine rings is 1. The van der Waals surface area contributed by atoms with E-state index in [2.05, 4.69) is 17.2 Å². The number of hydrogen-bond acceptors (Lipinski definition) is 4. The highest BCUT2D eigenvalue weighted by molar-refractivity contribution is 7.89. The maximum atomic E-state index is 12.7. The molecule has 1 fully saturated rings. The Labute approximate surface area is 178 Å². The van der Waals surface area contributed by atoms with Crippen molar-refractivity contribution in [1.82, 2.24) is 9.62 Å². The Morgan fingerprint density at radius 2 is 1.63 bits per heavy atom. The molecule has 0 aliphatic carbocycles. The topological polar surface area (TPSA) is 69.7 Å². The van der Waals surface area contributed by atoms with Gasteiger partial charge < -0.3 is 10.2 Å². The molecule has 0 radical (unpaired) electrons. The molecule has 0 bridgehead atoms. The Morgan fingerprint density at radius 1 is 1.00 bits per heavy atom. The van der Waals surface area contributed by atoms with Crippen molar-refractivity contribution in [3.8, 4) is 11.8 Å². The van der Waals surface area contributed by atoms with Gasteiger partial charge in [0.2, 0.25) is 10.0 Å². The number of hydrogen-bond donors (Lipinski definition) is 1. The number of amides is 1. The maximum absolute atomic E-state index is 12.7. The first-order valence-corrected chi connectivity index (χ1v) is 11.5. The molecule has 2 aromatic carbocycles. The predicted molar refractivity (Wildman–Crippen MR) is 119 cm³/mol. The summed E-state index contributed by atoms with van der Waals surface area (Å²) in [5.41, 5.74) is 2.38. The molecule has 1 heterocycles. The minimum Gasteiger partial charge on any atom is -0.378 e. The van der Waals surface area contributed by atoms with Gasteiger partial charge in [0.25, 0.3) is 5.91 Å². The number of nitrogens with one attached hydrogen (secondary N) is 1. The Morgan fingerprint density at radius 3 is 2.23 bits per heavy atom. The number of sulfonamides is 1. The summed E-state index contributed by atoms with van der Waals surface area (Å²) in [6.07, 6.45) is 2.84. The van der Waals surface area contributed by atoms with Crippen LogP contribution in [0, 0.1) is 11.8 Å². The molecule has 2 aromatic rings. The van der Waals surface area contributed by atoms with Crippen molar-refractivity contribution >= 4 is 21.6 Å². The van der Waals surface area contributed by atoms with Gasteiger partial charge >= 0.3 is 0 Å². The molecule has 0 spiro atoms. The van der Waals surface area contributed by atoms with Gasteiger partial charge in [-0.05, 0) is 61.4 Å². The second kappa shape index (κ2) is 9.79. The summed E-state index contributed by atoms with van der Waals surface area (Å²) in [6.45, 7) is 1.32. The predicted octanol–water partition coefficient (Wildman–Crippen LogP) is 2.71. The van der Waals surface area contributed by atoms with E-state index in [-0.39, 0.29) is 17.3 Å². The van der Waals surface area contributed by atoms with E-state index >= 15 is 0 Å². The van der Waals surface area contributed by atoms with E-state index in [0.717, 1.165) is 30.5 Å². The largest absolute Gasteiger partial charge is 0.378 e. The zero-order valence-electron chi connectivity index (χ0n) is 17.4. The number of carbonyl (C=O) groups is 1. The van der Waals surface area contributed by atoms with Crippen molar-refractivity contribution in [1.29, 1.82) is 0 Å². The van der Waals surface area contributed by atoms with Gasteiger partial charge in [-0.25, -0.2) is 8.42 Å². The molecule has 1 amide bonds. The van der Waals surface area contributed by atoms with E-state index in [1.54, 1.807) is 12.1 Å². The lowest BCUT2D eigenvalue weighted by Gasteiger charge is -2.25. The molecule has 158 valence electrons. The van der Waals surface area contributed by atoms with E-state index in [0.29, 0.717) is 18.7 Å². The molecule has 0 unspecified atom stereocenters. The lowest BCUT2D eigenvalue weighted by molar-refractivity contribution is 0.0958. The first kappa shape index (κ1) is 21.9. The highest BCUT2D eigenvalue weighted by Gasteiger charge is 2.25. The van der Waals surface area contributed by atoms with Crippen LogP contribution in [0.5, 0.6) is 0 Å². The lowest BCUT2D eigenvalue weighted by Crippen LogP contribution is -2.35. The summed E-state index contributed by atoms with van der Waals surface area (Å²) in [5, 5.41) is 2.74. The number of rotatable bonds is 5. The van der Waals surface area contributed by atoms with Crippen LogP contribution in [-0.4, -0.2) is 52.4 Å².